The maximum atomic E-state index is 12.3. The molecule has 2 heterocycles. The van der Waals surface area contributed by atoms with E-state index < -0.39 is 0 Å². The van der Waals surface area contributed by atoms with Crippen molar-refractivity contribution in [3.05, 3.63) is 100 Å². The predicted octanol–water partition coefficient (Wildman–Crippen LogP) is 6.52. The fourth-order valence-electron chi connectivity index (χ4n) is 4.87. The maximum absolute atomic E-state index is 12.3. The molecule has 180 valence electrons. The highest BCUT2D eigenvalue weighted by Gasteiger charge is 2.20. The zero-order valence-corrected chi connectivity index (χ0v) is 21.1. The molecule has 5 nitrogen and oxygen atoms in total. The van der Waals surface area contributed by atoms with Crippen molar-refractivity contribution in [2.24, 2.45) is 0 Å². The molecular weight excluding hydrogens is 466 g/mol. The summed E-state index contributed by atoms with van der Waals surface area (Å²) in [4.78, 5) is 17.2. The number of thiazole rings is 1. The van der Waals surface area contributed by atoms with E-state index in [1.807, 2.05) is 36.4 Å². The monoisotopic (exact) mass is 493 g/mol. The van der Waals surface area contributed by atoms with Crippen LogP contribution in [0.5, 0.6) is 0 Å². The van der Waals surface area contributed by atoms with Crippen LogP contribution in [0.2, 0.25) is 0 Å². The highest BCUT2D eigenvalue weighted by atomic mass is 32.1. The van der Waals surface area contributed by atoms with E-state index in [1.165, 1.54) is 28.6 Å². The number of para-hydroxylation sites is 1. The molecule has 0 radical (unpaired) electrons. The Labute approximate surface area is 214 Å². The third-order valence-electron chi connectivity index (χ3n) is 6.58. The van der Waals surface area contributed by atoms with E-state index in [0.717, 1.165) is 47.1 Å². The molecule has 0 bridgehead atoms. The lowest BCUT2D eigenvalue weighted by atomic mass is 9.99. The minimum atomic E-state index is -0.341. The number of esters is 1. The van der Waals surface area contributed by atoms with E-state index >= 15 is 0 Å². The number of nitrogens with zero attached hydrogens (tertiary/aromatic N) is 3. The van der Waals surface area contributed by atoms with Gasteiger partial charge in [-0.25, -0.2) is 9.78 Å². The molecule has 0 fully saturated rings. The number of aromatic nitrogens is 2. The van der Waals surface area contributed by atoms with Crippen molar-refractivity contribution in [3.63, 3.8) is 0 Å². The molecule has 0 N–H and O–H groups in total. The van der Waals surface area contributed by atoms with Crippen molar-refractivity contribution in [2.75, 3.05) is 7.11 Å². The number of hydrogen-bond donors (Lipinski definition) is 0. The summed E-state index contributed by atoms with van der Waals surface area (Å²) in [5.41, 5.74) is 6.36. The molecule has 5 rings (SSSR count). The first-order chi connectivity index (χ1) is 17.7. The standard InChI is InChI=1S/C30H27N3O2S/c1-35-30(34)22-13-15-27-24(20-22)23(14-12-21-8-3-2-4-9-21)26(33(27)19-7-18-31)16-17-29-32-25-10-5-6-11-28(25)36-29/h2-6,8-11,13,15,20H,7,12,14,16-17,19H2,1H3. The third kappa shape index (κ3) is 4.89. The maximum Gasteiger partial charge on any atom is 0.337 e. The van der Waals surface area contributed by atoms with Crippen LogP contribution < -0.4 is 0 Å². The van der Waals surface area contributed by atoms with Gasteiger partial charge in [0.2, 0.25) is 0 Å². The number of benzene rings is 3. The topological polar surface area (TPSA) is 67.9 Å². The van der Waals surface area contributed by atoms with Gasteiger partial charge in [-0.05, 0) is 60.7 Å². The summed E-state index contributed by atoms with van der Waals surface area (Å²) in [6.45, 7) is 0.616. The molecule has 0 atom stereocenters. The quantitative estimate of drug-likeness (QED) is 0.219. The molecule has 0 aliphatic rings. The average Bonchev–Trinajstić information content (AvgIpc) is 3.47. The Kier molecular flexibility index (Phi) is 7.11. The molecule has 3 aromatic carbocycles. The normalized spacial score (nSPS) is 11.1. The minimum Gasteiger partial charge on any atom is -0.465 e. The van der Waals surface area contributed by atoms with Crippen molar-refractivity contribution < 1.29 is 9.53 Å². The summed E-state index contributed by atoms with van der Waals surface area (Å²) in [6, 6.07) is 26.7. The molecular formula is C30H27N3O2S. The lowest BCUT2D eigenvalue weighted by Gasteiger charge is -2.11. The number of nitriles is 1. The highest BCUT2D eigenvalue weighted by Crippen LogP contribution is 2.31. The van der Waals surface area contributed by atoms with Crippen molar-refractivity contribution in [3.8, 4) is 6.07 Å². The van der Waals surface area contributed by atoms with Gasteiger partial charge in [0.15, 0.2) is 0 Å². The number of fused-ring (bicyclic) bond motifs is 2. The zero-order valence-electron chi connectivity index (χ0n) is 20.2. The second-order valence-corrected chi connectivity index (χ2v) is 9.88. The number of methoxy groups -OCH3 is 1. The zero-order chi connectivity index (χ0) is 24.9. The van der Waals surface area contributed by atoms with Gasteiger partial charge < -0.3 is 9.30 Å². The fraction of sp³-hybridized carbons (Fsp3) is 0.233. The minimum absolute atomic E-state index is 0.341. The van der Waals surface area contributed by atoms with Crippen LogP contribution in [0.15, 0.2) is 72.8 Å². The van der Waals surface area contributed by atoms with Gasteiger partial charge in [-0.15, -0.1) is 11.3 Å². The van der Waals surface area contributed by atoms with Crippen molar-refractivity contribution in [1.29, 1.82) is 5.26 Å². The van der Waals surface area contributed by atoms with Gasteiger partial charge in [0, 0.05) is 29.6 Å². The second-order valence-electron chi connectivity index (χ2n) is 8.77. The van der Waals surface area contributed by atoms with E-state index in [-0.39, 0.29) is 5.97 Å². The number of hydrogen-bond acceptors (Lipinski definition) is 5. The van der Waals surface area contributed by atoms with Crippen molar-refractivity contribution in [2.45, 2.75) is 38.6 Å². The van der Waals surface area contributed by atoms with E-state index in [0.29, 0.717) is 18.5 Å². The van der Waals surface area contributed by atoms with Crippen LogP contribution in [-0.2, 0) is 37.0 Å². The highest BCUT2D eigenvalue weighted by molar-refractivity contribution is 7.18. The van der Waals surface area contributed by atoms with Crippen LogP contribution in [0, 0.1) is 11.3 Å². The van der Waals surface area contributed by atoms with E-state index in [9.17, 15) is 10.1 Å². The van der Waals surface area contributed by atoms with E-state index in [2.05, 4.69) is 47.0 Å². The summed E-state index contributed by atoms with van der Waals surface area (Å²) in [5, 5.41) is 11.5. The van der Waals surface area contributed by atoms with Crippen LogP contribution in [0.4, 0.5) is 0 Å². The summed E-state index contributed by atoms with van der Waals surface area (Å²) in [5.74, 6) is -0.341. The van der Waals surface area contributed by atoms with Crippen molar-refractivity contribution in [1.82, 2.24) is 9.55 Å². The van der Waals surface area contributed by atoms with Crippen LogP contribution in [0.25, 0.3) is 21.1 Å². The van der Waals surface area contributed by atoms with Gasteiger partial charge in [-0.3, -0.25) is 0 Å². The second kappa shape index (κ2) is 10.8. The number of aryl methyl sites for hydroxylation is 4. The summed E-state index contributed by atoms with van der Waals surface area (Å²) in [7, 11) is 1.41. The molecule has 0 spiro atoms. The molecule has 2 aromatic heterocycles. The summed E-state index contributed by atoms with van der Waals surface area (Å²) < 4.78 is 8.46. The Morgan fingerprint density at radius 1 is 1.00 bits per heavy atom. The first kappa shape index (κ1) is 23.8. The smallest absolute Gasteiger partial charge is 0.337 e. The SMILES string of the molecule is COC(=O)c1ccc2c(c1)c(CCc1ccccc1)c(CCc1nc3ccccc3s1)n2CCC#N. The first-order valence-corrected chi connectivity index (χ1v) is 13.0. The Hall–Kier alpha value is -3.95. The Bertz CT molecular complexity index is 1530. The summed E-state index contributed by atoms with van der Waals surface area (Å²) in [6.07, 6.45) is 3.81. The van der Waals surface area contributed by atoms with Crippen LogP contribution in [0.1, 0.15) is 38.6 Å². The lowest BCUT2D eigenvalue weighted by Crippen LogP contribution is -2.07. The van der Waals surface area contributed by atoms with E-state index in [1.54, 1.807) is 11.3 Å². The molecule has 0 amide bonds. The third-order valence-corrected chi connectivity index (χ3v) is 7.67. The average molecular weight is 494 g/mol. The molecule has 0 aliphatic carbocycles. The van der Waals surface area contributed by atoms with Gasteiger partial charge in [0.1, 0.15) is 0 Å². The number of rotatable bonds is 9. The predicted molar refractivity (Wildman–Crippen MR) is 144 cm³/mol. The number of carbonyl (C=O) groups excluding carboxylic acids is 1. The molecule has 0 saturated heterocycles. The Morgan fingerprint density at radius 2 is 1.81 bits per heavy atom. The van der Waals surface area contributed by atoms with Gasteiger partial charge in [-0.1, -0.05) is 42.5 Å². The van der Waals surface area contributed by atoms with Crippen molar-refractivity contribution >= 4 is 38.4 Å². The van der Waals surface area contributed by atoms with Gasteiger partial charge in [-0.2, -0.15) is 5.26 Å². The molecule has 36 heavy (non-hydrogen) atoms. The first-order valence-electron chi connectivity index (χ1n) is 12.2. The Balaban J connectivity index is 1.57. The summed E-state index contributed by atoms with van der Waals surface area (Å²) >= 11 is 1.74. The van der Waals surface area contributed by atoms with Gasteiger partial charge in [0.05, 0.1) is 40.4 Å². The molecule has 0 saturated carbocycles. The van der Waals surface area contributed by atoms with Crippen LogP contribution in [-0.4, -0.2) is 22.6 Å². The van der Waals surface area contributed by atoms with Gasteiger partial charge in [0.25, 0.3) is 0 Å². The molecule has 0 aliphatic heterocycles. The Morgan fingerprint density at radius 3 is 2.58 bits per heavy atom. The van der Waals surface area contributed by atoms with Crippen LogP contribution >= 0.6 is 11.3 Å². The molecule has 5 aromatic rings. The number of carbonyl (C=O) groups is 1. The largest absolute Gasteiger partial charge is 0.465 e. The molecule has 6 heteroatoms. The fourth-order valence-corrected chi connectivity index (χ4v) is 5.84. The van der Waals surface area contributed by atoms with Gasteiger partial charge >= 0.3 is 5.97 Å². The lowest BCUT2D eigenvalue weighted by molar-refractivity contribution is 0.0601. The number of ether oxygens (including phenoxy) is 1. The van der Waals surface area contributed by atoms with Crippen LogP contribution in [0.3, 0.4) is 0 Å². The van der Waals surface area contributed by atoms with E-state index in [4.69, 9.17) is 9.72 Å². The molecule has 0 unspecified atom stereocenters.